The first kappa shape index (κ1) is 16.8. The van der Waals surface area contributed by atoms with E-state index in [-0.39, 0.29) is 5.91 Å². The molecule has 1 fully saturated rings. The summed E-state index contributed by atoms with van der Waals surface area (Å²) in [5.74, 6) is 0.706. The molecule has 0 N–H and O–H groups in total. The fourth-order valence-corrected chi connectivity index (χ4v) is 3.12. The Balaban J connectivity index is 1.42. The van der Waals surface area contributed by atoms with Crippen LogP contribution in [0, 0.1) is 11.3 Å². The van der Waals surface area contributed by atoms with Crippen LogP contribution in [0.2, 0.25) is 0 Å². The Bertz CT molecular complexity index is 983. The van der Waals surface area contributed by atoms with Gasteiger partial charge in [0.15, 0.2) is 5.69 Å². The lowest BCUT2D eigenvalue weighted by Crippen LogP contribution is -2.49. The van der Waals surface area contributed by atoms with E-state index < -0.39 is 0 Å². The molecule has 1 amide bonds. The zero-order valence-electron chi connectivity index (χ0n) is 14.7. The maximum Gasteiger partial charge on any atom is 0.274 e. The predicted molar refractivity (Wildman–Crippen MR) is 101 cm³/mol. The van der Waals surface area contributed by atoms with E-state index in [1.165, 1.54) is 0 Å². The number of carbonyl (C=O) groups excluding carboxylic acids is 1. The Hall–Kier alpha value is -3.66. The normalized spacial score (nSPS) is 14.0. The number of benzene rings is 1. The molecule has 2 aromatic heterocycles. The van der Waals surface area contributed by atoms with E-state index >= 15 is 0 Å². The second kappa shape index (κ2) is 7.30. The highest BCUT2D eigenvalue weighted by atomic mass is 16.2. The van der Waals surface area contributed by atoms with Gasteiger partial charge in [-0.05, 0) is 30.3 Å². The number of amides is 1. The molecule has 27 heavy (non-hydrogen) atoms. The molecule has 1 aliphatic heterocycles. The van der Waals surface area contributed by atoms with Crippen molar-refractivity contribution in [3.8, 4) is 11.8 Å². The lowest BCUT2D eigenvalue weighted by molar-refractivity contribution is 0.0740. The van der Waals surface area contributed by atoms with Crippen LogP contribution in [0.4, 0.5) is 5.82 Å². The minimum atomic E-state index is -0.0666. The number of para-hydroxylation sites is 1. The van der Waals surface area contributed by atoms with Gasteiger partial charge in [0.25, 0.3) is 5.91 Å². The summed E-state index contributed by atoms with van der Waals surface area (Å²) < 4.78 is 1.71. The van der Waals surface area contributed by atoms with Crippen LogP contribution in [0.25, 0.3) is 5.69 Å². The zero-order valence-corrected chi connectivity index (χ0v) is 14.7. The second-order valence-electron chi connectivity index (χ2n) is 6.27. The number of piperazine rings is 1. The highest BCUT2D eigenvalue weighted by Crippen LogP contribution is 2.16. The minimum absolute atomic E-state index is 0.0666. The molecule has 7 nitrogen and oxygen atoms in total. The van der Waals surface area contributed by atoms with Gasteiger partial charge < -0.3 is 9.80 Å². The SMILES string of the molecule is N#Cc1ccnc(N2CCN(C(=O)c3ccn(-c4ccccc4)n3)CC2)c1. The summed E-state index contributed by atoms with van der Waals surface area (Å²) in [5, 5.41) is 13.4. The molecule has 1 aromatic carbocycles. The highest BCUT2D eigenvalue weighted by Gasteiger charge is 2.24. The maximum atomic E-state index is 12.8. The van der Waals surface area contributed by atoms with Gasteiger partial charge in [-0.25, -0.2) is 9.67 Å². The van der Waals surface area contributed by atoms with E-state index in [1.807, 2.05) is 35.2 Å². The molecule has 7 heteroatoms. The fourth-order valence-electron chi connectivity index (χ4n) is 3.12. The number of hydrogen-bond donors (Lipinski definition) is 0. The van der Waals surface area contributed by atoms with Gasteiger partial charge in [-0.3, -0.25) is 4.79 Å². The van der Waals surface area contributed by atoms with E-state index in [4.69, 9.17) is 5.26 Å². The number of aromatic nitrogens is 3. The quantitative estimate of drug-likeness (QED) is 0.716. The molecule has 0 unspecified atom stereocenters. The number of nitrogens with zero attached hydrogens (tertiary/aromatic N) is 6. The van der Waals surface area contributed by atoms with Gasteiger partial charge in [-0.15, -0.1) is 0 Å². The van der Waals surface area contributed by atoms with Gasteiger partial charge in [0, 0.05) is 38.6 Å². The first-order valence-electron chi connectivity index (χ1n) is 8.76. The van der Waals surface area contributed by atoms with Gasteiger partial charge in [-0.2, -0.15) is 10.4 Å². The Morgan fingerprint density at radius 3 is 2.56 bits per heavy atom. The molecular weight excluding hydrogens is 340 g/mol. The molecule has 0 spiro atoms. The lowest BCUT2D eigenvalue weighted by atomic mass is 10.2. The zero-order chi connectivity index (χ0) is 18.6. The largest absolute Gasteiger partial charge is 0.353 e. The maximum absolute atomic E-state index is 12.8. The van der Waals surface area contributed by atoms with Crippen molar-refractivity contribution in [2.24, 2.45) is 0 Å². The molecule has 0 saturated carbocycles. The molecule has 0 radical (unpaired) electrons. The van der Waals surface area contributed by atoms with Gasteiger partial charge >= 0.3 is 0 Å². The van der Waals surface area contributed by atoms with Crippen LogP contribution < -0.4 is 4.90 Å². The standard InChI is InChI=1S/C20H18N6O/c21-15-16-6-8-22-19(14-16)24-10-12-25(13-11-24)20(27)18-7-9-26(23-18)17-4-2-1-3-5-17/h1-9,14H,10-13H2. The predicted octanol–water partition coefficient (Wildman–Crippen LogP) is 2.10. The van der Waals surface area contributed by atoms with Crippen LogP contribution in [0.3, 0.4) is 0 Å². The third kappa shape index (κ3) is 3.51. The van der Waals surface area contributed by atoms with Gasteiger partial charge in [-0.1, -0.05) is 18.2 Å². The van der Waals surface area contributed by atoms with Crippen LogP contribution >= 0.6 is 0 Å². The first-order chi connectivity index (χ1) is 13.2. The monoisotopic (exact) mass is 358 g/mol. The Kier molecular flexibility index (Phi) is 4.54. The van der Waals surface area contributed by atoms with Crippen molar-refractivity contribution >= 4 is 11.7 Å². The summed E-state index contributed by atoms with van der Waals surface area (Å²) in [6.07, 6.45) is 3.44. The van der Waals surface area contributed by atoms with Crippen molar-refractivity contribution in [3.05, 3.63) is 72.2 Å². The van der Waals surface area contributed by atoms with Gasteiger partial charge in [0.2, 0.25) is 0 Å². The van der Waals surface area contributed by atoms with E-state index in [1.54, 1.807) is 35.3 Å². The van der Waals surface area contributed by atoms with Crippen molar-refractivity contribution in [3.63, 3.8) is 0 Å². The number of nitriles is 1. The van der Waals surface area contributed by atoms with Crippen LogP contribution in [0.1, 0.15) is 16.1 Å². The number of pyridine rings is 1. The summed E-state index contributed by atoms with van der Waals surface area (Å²) in [4.78, 5) is 21.0. The van der Waals surface area contributed by atoms with E-state index in [0.29, 0.717) is 37.4 Å². The molecule has 1 saturated heterocycles. The van der Waals surface area contributed by atoms with Gasteiger partial charge in [0.1, 0.15) is 5.82 Å². The number of carbonyl (C=O) groups is 1. The average Bonchev–Trinajstić information content (AvgIpc) is 3.24. The lowest BCUT2D eigenvalue weighted by Gasteiger charge is -2.35. The Labute approximate surface area is 157 Å². The molecule has 0 aliphatic carbocycles. The third-order valence-electron chi connectivity index (χ3n) is 4.59. The van der Waals surface area contributed by atoms with Gasteiger partial charge in [0.05, 0.1) is 17.3 Å². The summed E-state index contributed by atoms with van der Waals surface area (Å²) in [6.45, 7) is 2.53. The van der Waals surface area contributed by atoms with E-state index in [9.17, 15) is 4.79 Å². The molecule has 3 aromatic rings. The third-order valence-corrected chi connectivity index (χ3v) is 4.59. The van der Waals surface area contributed by atoms with Crippen LogP contribution in [-0.4, -0.2) is 51.8 Å². The average molecular weight is 358 g/mol. The smallest absolute Gasteiger partial charge is 0.274 e. The van der Waals surface area contributed by atoms with Crippen molar-refractivity contribution in [2.45, 2.75) is 0 Å². The molecule has 0 bridgehead atoms. The second-order valence-corrected chi connectivity index (χ2v) is 6.27. The van der Waals surface area contributed by atoms with Crippen LogP contribution in [-0.2, 0) is 0 Å². The molecule has 0 atom stereocenters. The van der Waals surface area contributed by atoms with Crippen molar-refractivity contribution in [2.75, 3.05) is 31.1 Å². The molecule has 134 valence electrons. The Morgan fingerprint density at radius 1 is 1.04 bits per heavy atom. The molecule has 4 rings (SSSR count). The highest BCUT2D eigenvalue weighted by molar-refractivity contribution is 5.92. The minimum Gasteiger partial charge on any atom is -0.353 e. The van der Waals surface area contributed by atoms with Crippen molar-refractivity contribution in [1.29, 1.82) is 5.26 Å². The van der Waals surface area contributed by atoms with E-state index in [0.717, 1.165) is 11.5 Å². The van der Waals surface area contributed by atoms with Crippen LogP contribution in [0.15, 0.2) is 60.9 Å². The number of rotatable bonds is 3. The summed E-state index contributed by atoms with van der Waals surface area (Å²) in [6, 6.07) is 17.1. The number of hydrogen-bond acceptors (Lipinski definition) is 5. The van der Waals surface area contributed by atoms with E-state index in [2.05, 4.69) is 21.1 Å². The summed E-state index contributed by atoms with van der Waals surface area (Å²) in [5.41, 5.74) is 1.95. The fraction of sp³-hybridized carbons (Fsp3) is 0.200. The van der Waals surface area contributed by atoms with Crippen LogP contribution in [0.5, 0.6) is 0 Å². The molecule has 1 aliphatic rings. The van der Waals surface area contributed by atoms with Crippen molar-refractivity contribution in [1.82, 2.24) is 19.7 Å². The number of anilines is 1. The summed E-state index contributed by atoms with van der Waals surface area (Å²) in [7, 11) is 0. The van der Waals surface area contributed by atoms with Crippen molar-refractivity contribution < 1.29 is 4.79 Å². The first-order valence-corrected chi connectivity index (χ1v) is 8.76. The Morgan fingerprint density at radius 2 is 1.81 bits per heavy atom. The molecular formula is C20H18N6O. The summed E-state index contributed by atoms with van der Waals surface area (Å²) >= 11 is 0. The topological polar surface area (TPSA) is 78.0 Å². The molecule has 3 heterocycles.